The van der Waals surface area contributed by atoms with Gasteiger partial charge in [0.15, 0.2) is 10.7 Å². The first-order chi connectivity index (χ1) is 17.2. The number of nitrogens with one attached hydrogen (secondary N) is 2. The van der Waals surface area contributed by atoms with Crippen molar-refractivity contribution in [1.29, 1.82) is 0 Å². The number of ether oxygens (including phenoxy) is 1. The zero-order valence-corrected chi connectivity index (χ0v) is 24.4. The highest BCUT2D eigenvalue weighted by molar-refractivity contribution is 9.11. The molecule has 186 valence electrons. The maximum absolute atomic E-state index is 12.9. The largest absolute Gasteiger partial charge is 0.495 e. The Morgan fingerprint density at radius 2 is 1.97 bits per heavy atom. The lowest BCUT2D eigenvalue weighted by molar-refractivity contribution is 0.0974. The molecule has 0 unspecified atom stereocenters. The Hall–Kier alpha value is -2.46. The molecular formula is C26H22Br2ClN3O3S. The molecule has 0 aliphatic heterocycles. The van der Waals surface area contributed by atoms with E-state index in [-0.39, 0.29) is 5.11 Å². The quantitative estimate of drug-likeness (QED) is 0.204. The summed E-state index contributed by atoms with van der Waals surface area (Å²) in [5.74, 6) is 0.862. The van der Waals surface area contributed by atoms with Gasteiger partial charge in [0.2, 0.25) is 5.89 Å². The van der Waals surface area contributed by atoms with Crippen LogP contribution in [0.4, 0.5) is 5.69 Å². The van der Waals surface area contributed by atoms with E-state index in [0.717, 1.165) is 17.5 Å². The predicted molar refractivity (Wildman–Crippen MR) is 155 cm³/mol. The smallest absolute Gasteiger partial charge is 0.261 e. The molecule has 0 bridgehead atoms. The third kappa shape index (κ3) is 5.75. The topological polar surface area (TPSA) is 76.4 Å². The van der Waals surface area contributed by atoms with Crippen molar-refractivity contribution in [2.45, 2.75) is 26.2 Å². The van der Waals surface area contributed by atoms with Gasteiger partial charge >= 0.3 is 0 Å². The Morgan fingerprint density at radius 1 is 1.19 bits per heavy atom. The van der Waals surface area contributed by atoms with Crippen molar-refractivity contribution >= 4 is 83.5 Å². The molecule has 0 radical (unpaired) electrons. The lowest BCUT2D eigenvalue weighted by Crippen LogP contribution is -2.34. The molecular weight excluding hydrogens is 630 g/mol. The molecule has 0 spiro atoms. The third-order valence-corrected chi connectivity index (χ3v) is 7.32. The van der Waals surface area contributed by atoms with Gasteiger partial charge in [-0.05, 0) is 88.5 Å². The summed E-state index contributed by atoms with van der Waals surface area (Å²) in [5.41, 5.74) is 4.26. The van der Waals surface area contributed by atoms with Crippen LogP contribution in [0.1, 0.15) is 42.1 Å². The summed E-state index contributed by atoms with van der Waals surface area (Å²) < 4.78 is 12.7. The molecule has 4 rings (SSSR count). The zero-order valence-electron chi connectivity index (χ0n) is 19.6. The number of oxazole rings is 1. The van der Waals surface area contributed by atoms with Crippen molar-refractivity contribution in [2.75, 3.05) is 12.4 Å². The fourth-order valence-corrected chi connectivity index (χ4v) is 5.38. The van der Waals surface area contributed by atoms with Gasteiger partial charge in [-0.3, -0.25) is 10.1 Å². The Balaban J connectivity index is 1.55. The van der Waals surface area contributed by atoms with E-state index in [0.29, 0.717) is 48.4 Å². The second-order valence-corrected chi connectivity index (χ2v) is 10.7. The number of halogens is 3. The average molecular weight is 652 g/mol. The van der Waals surface area contributed by atoms with Gasteiger partial charge in [-0.15, -0.1) is 0 Å². The highest BCUT2D eigenvalue weighted by Crippen LogP contribution is 2.34. The number of methoxy groups -OCH3 is 1. The van der Waals surface area contributed by atoms with Gasteiger partial charge in [0, 0.05) is 10.0 Å². The van der Waals surface area contributed by atoms with E-state index in [1.54, 1.807) is 24.3 Å². The van der Waals surface area contributed by atoms with Crippen LogP contribution < -0.4 is 15.4 Å². The van der Waals surface area contributed by atoms with Gasteiger partial charge in [-0.25, -0.2) is 4.98 Å². The SMILES string of the molecule is CC[C@@H](C)c1ccc2oc(-c3ccc(Cl)c(NC(=S)NC(=O)c4cc(Br)cc(Br)c4OC)c3)nc2c1. The van der Waals surface area contributed by atoms with Gasteiger partial charge in [0.25, 0.3) is 5.91 Å². The lowest BCUT2D eigenvalue weighted by Gasteiger charge is -2.14. The van der Waals surface area contributed by atoms with Crippen LogP contribution >= 0.6 is 55.7 Å². The number of anilines is 1. The van der Waals surface area contributed by atoms with Gasteiger partial charge < -0.3 is 14.5 Å². The highest BCUT2D eigenvalue weighted by Gasteiger charge is 2.18. The fourth-order valence-electron chi connectivity index (χ4n) is 3.62. The first-order valence-corrected chi connectivity index (χ1v) is 13.4. The Bertz CT molecular complexity index is 1470. The van der Waals surface area contributed by atoms with Crippen LogP contribution in [0.2, 0.25) is 5.02 Å². The molecule has 1 amide bonds. The second kappa shape index (κ2) is 11.3. The highest BCUT2D eigenvalue weighted by atomic mass is 79.9. The number of aromatic nitrogens is 1. The number of carbonyl (C=O) groups is 1. The number of benzene rings is 3. The minimum atomic E-state index is -0.435. The average Bonchev–Trinajstić information content (AvgIpc) is 3.27. The number of hydrogen-bond acceptors (Lipinski definition) is 5. The minimum Gasteiger partial charge on any atom is -0.495 e. The molecule has 6 nitrogen and oxygen atoms in total. The van der Waals surface area contributed by atoms with Crippen LogP contribution in [-0.2, 0) is 0 Å². The maximum atomic E-state index is 12.9. The van der Waals surface area contributed by atoms with Crippen LogP contribution in [-0.4, -0.2) is 23.1 Å². The molecule has 4 aromatic rings. The van der Waals surface area contributed by atoms with E-state index in [4.69, 9.17) is 33.0 Å². The van der Waals surface area contributed by atoms with Crippen molar-refractivity contribution < 1.29 is 13.9 Å². The summed E-state index contributed by atoms with van der Waals surface area (Å²) in [5, 5.41) is 6.15. The molecule has 1 aromatic heterocycles. The number of fused-ring (bicyclic) bond motifs is 1. The molecule has 0 saturated carbocycles. The maximum Gasteiger partial charge on any atom is 0.261 e. The van der Waals surface area contributed by atoms with E-state index in [1.807, 2.05) is 12.1 Å². The summed E-state index contributed by atoms with van der Waals surface area (Å²) in [6, 6.07) is 14.8. The van der Waals surface area contributed by atoms with E-state index < -0.39 is 5.91 Å². The van der Waals surface area contributed by atoms with Crippen molar-refractivity contribution in [3.8, 4) is 17.2 Å². The van der Waals surface area contributed by atoms with Crippen LogP contribution in [0.3, 0.4) is 0 Å². The normalized spacial score (nSPS) is 11.8. The number of carbonyl (C=O) groups excluding carboxylic acids is 1. The second-order valence-electron chi connectivity index (χ2n) is 8.13. The summed E-state index contributed by atoms with van der Waals surface area (Å²) in [7, 11) is 1.49. The first-order valence-electron chi connectivity index (χ1n) is 11.1. The molecule has 3 aromatic carbocycles. The molecule has 36 heavy (non-hydrogen) atoms. The molecule has 1 heterocycles. The zero-order chi connectivity index (χ0) is 26.0. The number of nitrogens with zero attached hydrogens (tertiary/aromatic N) is 1. The predicted octanol–water partition coefficient (Wildman–Crippen LogP) is 8.32. The van der Waals surface area contributed by atoms with E-state index >= 15 is 0 Å². The Kier molecular flexibility index (Phi) is 8.34. The van der Waals surface area contributed by atoms with Crippen LogP contribution in [0.25, 0.3) is 22.6 Å². The van der Waals surface area contributed by atoms with Gasteiger partial charge in [-0.2, -0.15) is 0 Å². The number of rotatable bonds is 6. The third-order valence-electron chi connectivity index (χ3n) is 5.74. The molecule has 2 N–H and O–H groups in total. The minimum absolute atomic E-state index is 0.0768. The van der Waals surface area contributed by atoms with Gasteiger partial charge in [0.05, 0.1) is 27.9 Å². The molecule has 0 fully saturated rings. The summed E-state index contributed by atoms with van der Waals surface area (Å²) in [6.45, 7) is 4.35. The van der Waals surface area contributed by atoms with Crippen LogP contribution in [0.15, 0.2) is 61.9 Å². The Morgan fingerprint density at radius 3 is 2.69 bits per heavy atom. The molecule has 10 heteroatoms. The van der Waals surface area contributed by atoms with E-state index in [9.17, 15) is 4.79 Å². The van der Waals surface area contributed by atoms with E-state index in [2.05, 4.69) is 73.5 Å². The van der Waals surface area contributed by atoms with Crippen molar-refractivity contribution in [3.63, 3.8) is 0 Å². The number of hydrogen-bond donors (Lipinski definition) is 2. The van der Waals surface area contributed by atoms with Gasteiger partial charge in [-0.1, -0.05) is 47.4 Å². The monoisotopic (exact) mass is 649 g/mol. The fraction of sp³-hybridized carbons (Fsp3) is 0.192. The molecule has 0 aliphatic carbocycles. The van der Waals surface area contributed by atoms with Crippen LogP contribution in [0.5, 0.6) is 5.75 Å². The Labute approximate surface area is 236 Å². The standard InChI is InChI=1S/C26H22Br2ClN3O3S/c1-4-13(2)14-6-8-22-21(9-14)30-25(35-22)15-5-7-19(29)20(10-15)31-26(36)32-24(33)17-11-16(27)12-18(28)23(17)34-3/h5-13H,4H2,1-3H3,(H2,31,32,33,36)/t13-/m1/s1. The lowest BCUT2D eigenvalue weighted by atomic mass is 9.98. The van der Waals surface area contributed by atoms with Crippen molar-refractivity contribution in [2.24, 2.45) is 0 Å². The van der Waals surface area contributed by atoms with E-state index in [1.165, 1.54) is 12.7 Å². The number of amides is 1. The number of thiocarbonyl (C=S) groups is 1. The molecule has 1 atom stereocenters. The molecule has 0 saturated heterocycles. The van der Waals surface area contributed by atoms with Gasteiger partial charge in [0.1, 0.15) is 11.3 Å². The molecule has 0 aliphatic rings. The summed E-state index contributed by atoms with van der Waals surface area (Å²) in [6.07, 6.45) is 1.05. The van der Waals surface area contributed by atoms with Crippen LogP contribution in [0, 0.1) is 0 Å². The summed E-state index contributed by atoms with van der Waals surface area (Å²) in [4.78, 5) is 17.6. The summed E-state index contributed by atoms with van der Waals surface area (Å²) >= 11 is 18.6. The first kappa shape index (κ1) is 26.6. The van der Waals surface area contributed by atoms with Crippen molar-refractivity contribution in [3.05, 3.63) is 73.6 Å². The van der Waals surface area contributed by atoms with Crippen molar-refractivity contribution in [1.82, 2.24) is 10.3 Å².